The summed E-state index contributed by atoms with van der Waals surface area (Å²) in [5.74, 6) is -0.163. The van der Waals surface area contributed by atoms with Crippen molar-refractivity contribution in [3.8, 4) is 0 Å². The molecule has 1 aliphatic rings. The van der Waals surface area contributed by atoms with Gasteiger partial charge in [0.2, 0.25) is 5.91 Å². The van der Waals surface area contributed by atoms with Crippen LogP contribution in [-0.4, -0.2) is 61.6 Å². The van der Waals surface area contributed by atoms with E-state index in [1.807, 2.05) is 0 Å². The average Bonchev–Trinajstić information content (AvgIpc) is 2.79. The van der Waals surface area contributed by atoms with Crippen molar-refractivity contribution in [2.75, 3.05) is 38.6 Å². The van der Waals surface area contributed by atoms with Crippen LogP contribution in [0.15, 0.2) is 11.4 Å². The molecule has 0 atom stereocenters. The van der Waals surface area contributed by atoms with Gasteiger partial charge in [-0.15, -0.1) is 0 Å². The maximum absolute atomic E-state index is 12.1. The number of nitrogens with zero attached hydrogens (tertiary/aromatic N) is 3. The van der Waals surface area contributed by atoms with Crippen LogP contribution in [-0.2, 0) is 26.6 Å². The zero-order valence-electron chi connectivity index (χ0n) is 11.8. The van der Waals surface area contributed by atoms with E-state index in [1.54, 1.807) is 4.90 Å². The van der Waals surface area contributed by atoms with E-state index in [0.29, 0.717) is 26.3 Å². The first-order chi connectivity index (χ1) is 9.92. The van der Waals surface area contributed by atoms with E-state index in [0.717, 1.165) is 0 Å². The number of aromatic nitrogens is 2. The van der Waals surface area contributed by atoms with Gasteiger partial charge in [0.1, 0.15) is 0 Å². The summed E-state index contributed by atoms with van der Waals surface area (Å²) in [7, 11) is -2.24. The normalized spacial score (nSPS) is 16.1. The van der Waals surface area contributed by atoms with Crippen LogP contribution in [0.1, 0.15) is 6.42 Å². The number of nitrogen functional groups attached to an aromatic ring is 1. The number of hydrogen-bond acceptors (Lipinski definition) is 6. The van der Waals surface area contributed by atoms with Gasteiger partial charge in [-0.25, -0.2) is 18.1 Å². The Bertz CT molecular complexity index is 587. The Morgan fingerprint density at radius 1 is 1.48 bits per heavy atom. The number of ether oxygens (including phenoxy) is 1. The molecule has 0 saturated carbocycles. The van der Waals surface area contributed by atoms with E-state index in [-0.39, 0.29) is 29.7 Å². The Morgan fingerprint density at radius 3 is 2.71 bits per heavy atom. The van der Waals surface area contributed by atoms with E-state index in [1.165, 1.54) is 17.9 Å². The number of aryl methyl sites for hydroxylation is 1. The largest absolute Gasteiger partial charge is 0.381 e. The number of imidazole rings is 1. The average molecular weight is 317 g/mol. The highest BCUT2D eigenvalue weighted by Gasteiger charge is 2.23. The topological polar surface area (TPSA) is 120 Å². The van der Waals surface area contributed by atoms with Crippen molar-refractivity contribution >= 4 is 21.7 Å². The van der Waals surface area contributed by atoms with Crippen LogP contribution in [0.2, 0.25) is 0 Å². The second-order valence-electron chi connectivity index (χ2n) is 4.69. The number of nitrogens with one attached hydrogen (secondary N) is 1. The second kappa shape index (κ2) is 6.41. The smallest absolute Gasteiger partial charge is 0.260 e. The predicted octanol–water partition coefficient (Wildman–Crippen LogP) is -1.47. The molecule has 21 heavy (non-hydrogen) atoms. The summed E-state index contributed by atoms with van der Waals surface area (Å²) in [4.78, 5) is 17.3. The van der Waals surface area contributed by atoms with Crippen LogP contribution in [0.5, 0.6) is 0 Å². The summed E-state index contributed by atoms with van der Waals surface area (Å²) < 4.78 is 33.0. The van der Waals surface area contributed by atoms with Gasteiger partial charge >= 0.3 is 0 Å². The predicted molar refractivity (Wildman–Crippen MR) is 74.8 cm³/mol. The van der Waals surface area contributed by atoms with Gasteiger partial charge in [-0.2, -0.15) is 0 Å². The molecule has 9 nitrogen and oxygen atoms in total. The Hall–Kier alpha value is -1.65. The molecule has 1 aliphatic heterocycles. The van der Waals surface area contributed by atoms with Crippen molar-refractivity contribution < 1.29 is 17.9 Å². The highest BCUT2D eigenvalue weighted by atomic mass is 32.2. The Morgan fingerprint density at radius 2 is 2.14 bits per heavy atom. The van der Waals surface area contributed by atoms with Gasteiger partial charge in [0.05, 0.1) is 19.5 Å². The number of anilines is 1. The molecule has 10 heteroatoms. The third-order valence-corrected chi connectivity index (χ3v) is 4.75. The van der Waals surface area contributed by atoms with Crippen LogP contribution >= 0.6 is 0 Å². The molecule has 1 amide bonds. The quantitative estimate of drug-likeness (QED) is 0.684. The molecule has 1 saturated heterocycles. The summed E-state index contributed by atoms with van der Waals surface area (Å²) in [5, 5.41) is -0.0960. The Balaban J connectivity index is 1.89. The fraction of sp³-hybridized carbons (Fsp3) is 0.636. The van der Waals surface area contributed by atoms with E-state index in [4.69, 9.17) is 10.5 Å². The van der Waals surface area contributed by atoms with Crippen molar-refractivity contribution in [1.82, 2.24) is 19.2 Å². The maximum Gasteiger partial charge on any atom is 0.260 e. The van der Waals surface area contributed by atoms with E-state index < -0.39 is 10.0 Å². The minimum absolute atomic E-state index is 0.0170. The Labute approximate surface area is 123 Å². The molecular formula is C11H19N5O4S. The van der Waals surface area contributed by atoms with Gasteiger partial charge in [0.25, 0.3) is 10.0 Å². The monoisotopic (exact) mass is 317 g/mol. The molecule has 0 aromatic carbocycles. The molecule has 1 aromatic rings. The molecule has 2 heterocycles. The number of nitrogens with two attached hydrogens (primary N) is 1. The molecule has 1 aromatic heterocycles. The molecule has 2 rings (SSSR count). The minimum atomic E-state index is -3.77. The van der Waals surface area contributed by atoms with Crippen molar-refractivity contribution in [2.24, 2.45) is 7.05 Å². The lowest BCUT2D eigenvalue weighted by atomic mass is 10.3. The van der Waals surface area contributed by atoms with Crippen LogP contribution < -0.4 is 10.5 Å². The standard InChI is InChI=1S/C11H19N5O4S/c1-15-8-13-10(12)11(15)21(18,19)14-3-2-9(17)16-4-6-20-7-5-16/h8,14H,2-7,12H2,1H3. The first-order valence-electron chi connectivity index (χ1n) is 6.54. The minimum Gasteiger partial charge on any atom is -0.381 e. The summed E-state index contributed by atoms with van der Waals surface area (Å²) in [6.07, 6.45) is 1.42. The lowest BCUT2D eigenvalue weighted by molar-refractivity contribution is -0.135. The summed E-state index contributed by atoms with van der Waals surface area (Å²) >= 11 is 0. The summed E-state index contributed by atoms with van der Waals surface area (Å²) in [6, 6.07) is 0. The first-order valence-corrected chi connectivity index (χ1v) is 8.02. The van der Waals surface area contributed by atoms with E-state index in [9.17, 15) is 13.2 Å². The molecule has 1 fully saturated rings. The van der Waals surface area contributed by atoms with Crippen LogP contribution in [0, 0.1) is 0 Å². The van der Waals surface area contributed by atoms with Gasteiger partial charge in [-0.3, -0.25) is 4.79 Å². The van der Waals surface area contributed by atoms with Crippen LogP contribution in [0.4, 0.5) is 5.82 Å². The molecule has 3 N–H and O–H groups in total. The van der Waals surface area contributed by atoms with Gasteiger partial charge in [0, 0.05) is 33.1 Å². The highest BCUT2D eigenvalue weighted by molar-refractivity contribution is 7.89. The van der Waals surface area contributed by atoms with Gasteiger partial charge in [0.15, 0.2) is 10.8 Å². The summed E-state index contributed by atoms with van der Waals surface area (Å²) in [6.45, 7) is 2.13. The number of carbonyl (C=O) groups excluding carboxylic acids is 1. The number of morpholine rings is 1. The van der Waals surface area contributed by atoms with Crippen molar-refractivity contribution in [2.45, 2.75) is 11.4 Å². The number of rotatable bonds is 5. The zero-order valence-corrected chi connectivity index (χ0v) is 12.6. The SMILES string of the molecule is Cn1cnc(N)c1S(=O)(=O)NCCC(=O)N1CCOCC1. The molecule has 0 bridgehead atoms. The van der Waals surface area contributed by atoms with Gasteiger partial charge in [-0.05, 0) is 0 Å². The fourth-order valence-corrected chi connectivity index (χ4v) is 3.36. The molecular weight excluding hydrogens is 298 g/mol. The number of hydrogen-bond donors (Lipinski definition) is 2. The number of amides is 1. The van der Waals surface area contributed by atoms with Gasteiger partial charge in [-0.1, -0.05) is 0 Å². The van der Waals surface area contributed by atoms with Crippen LogP contribution in [0.25, 0.3) is 0 Å². The fourth-order valence-electron chi connectivity index (χ4n) is 2.10. The highest BCUT2D eigenvalue weighted by Crippen LogP contribution is 2.14. The van der Waals surface area contributed by atoms with E-state index >= 15 is 0 Å². The molecule has 0 spiro atoms. The first kappa shape index (κ1) is 15.7. The molecule has 118 valence electrons. The number of sulfonamides is 1. The molecule has 0 unspecified atom stereocenters. The van der Waals surface area contributed by atoms with Crippen molar-refractivity contribution in [1.29, 1.82) is 0 Å². The number of carbonyl (C=O) groups is 1. The lowest BCUT2D eigenvalue weighted by Crippen LogP contribution is -2.42. The summed E-state index contributed by atoms with van der Waals surface area (Å²) in [5.41, 5.74) is 5.54. The lowest BCUT2D eigenvalue weighted by Gasteiger charge is -2.26. The third kappa shape index (κ3) is 3.71. The van der Waals surface area contributed by atoms with Crippen molar-refractivity contribution in [3.63, 3.8) is 0 Å². The molecule has 0 aliphatic carbocycles. The van der Waals surface area contributed by atoms with Crippen molar-refractivity contribution in [3.05, 3.63) is 6.33 Å². The maximum atomic E-state index is 12.1. The Kier molecular flexibility index (Phi) is 4.80. The molecule has 0 radical (unpaired) electrons. The third-order valence-electron chi connectivity index (χ3n) is 3.16. The van der Waals surface area contributed by atoms with Crippen LogP contribution in [0.3, 0.4) is 0 Å². The second-order valence-corrected chi connectivity index (χ2v) is 6.37. The zero-order chi connectivity index (χ0) is 15.5. The van der Waals surface area contributed by atoms with Gasteiger partial charge < -0.3 is 19.9 Å². The van der Waals surface area contributed by atoms with E-state index in [2.05, 4.69) is 9.71 Å².